The second-order valence-electron chi connectivity index (χ2n) is 2.70. The Morgan fingerprint density at radius 1 is 1.54 bits per heavy atom. The molecule has 5 heteroatoms. The molecule has 0 fully saturated rings. The summed E-state index contributed by atoms with van der Waals surface area (Å²) in [6, 6.07) is 0. The maximum absolute atomic E-state index is 5.84. The first kappa shape index (κ1) is 10.9. The summed E-state index contributed by atoms with van der Waals surface area (Å²) >= 11 is 7.36. The summed E-state index contributed by atoms with van der Waals surface area (Å²) in [5, 5.41) is 9.62. The second-order valence-corrected chi connectivity index (χ2v) is 4.45. The van der Waals surface area contributed by atoms with Gasteiger partial charge in [-0.3, -0.25) is 0 Å². The van der Waals surface area contributed by atoms with Crippen LogP contribution in [0.4, 0.5) is 0 Å². The Morgan fingerprint density at radius 2 is 2.31 bits per heavy atom. The number of ether oxygens (including phenoxy) is 1. The van der Waals surface area contributed by atoms with E-state index in [2.05, 4.69) is 17.1 Å². The highest BCUT2D eigenvalue weighted by Crippen LogP contribution is 2.22. The van der Waals surface area contributed by atoms with Gasteiger partial charge in [-0.2, -0.15) is 0 Å². The zero-order valence-electron chi connectivity index (χ0n) is 7.79. The third-order valence-corrected chi connectivity index (χ3v) is 2.81. The van der Waals surface area contributed by atoms with Gasteiger partial charge in [0.25, 0.3) is 0 Å². The average molecular weight is 221 g/mol. The van der Waals surface area contributed by atoms with Crippen LogP contribution in [0.15, 0.2) is 0 Å². The van der Waals surface area contributed by atoms with Crippen LogP contribution in [0.5, 0.6) is 0 Å². The highest BCUT2D eigenvalue weighted by atomic mass is 35.5. The molecule has 1 heterocycles. The quantitative estimate of drug-likeness (QED) is 0.566. The maximum atomic E-state index is 5.84. The van der Waals surface area contributed by atoms with E-state index >= 15 is 0 Å². The fourth-order valence-corrected chi connectivity index (χ4v) is 1.68. The van der Waals surface area contributed by atoms with Gasteiger partial charge in [0.2, 0.25) is 0 Å². The summed E-state index contributed by atoms with van der Waals surface area (Å²) in [5.41, 5.74) is 0. The van der Waals surface area contributed by atoms with Crippen LogP contribution in [0.1, 0.15) is 35.7 Å². The molecule has 0 radical (unpaired) electrons. The number of nitrogens with zero attached hydrogens (tertiary/aromatic N) is 2. The minimum absolute atomic E-state index is 0.0579. The molecule has 13 heavy (non-hydrogen) atoms. The van der Waals surface area contributed by atoms with Crippen LogP contribution in [0.2, 0.25) is 0 Å². The molecular weight excluding hydrogens is 208 g/mol. The molecule has 0 aliphatic rings. The van der Waals surface area contributed by atoms with Crippen molar-refractivity contribution in [3.8, 4) is 0 Å². The fourth-order valence-electron chi connectivity index (χ4n) is 0.789. The third kappa shape index (κ3) is 3.58. The van der Waals surface area contributed by atoms with E-state index < -0.39 is 0 Å². The molecule has 0 bridgehead atoms. The van der Waals surface area contributed by atoms with E-state index in [9.17, 15) is 0 Å². The first-order valence-corrected chi connectivity index (χ1v) is 5.53. The van der Waals surface area contributed by atoms with Gasteiger partial charge in [0.05, 0.1) is 5.38 Å². The first-order chi connectivity index (χ1) is 6.24. The van der Waals surface area contributed by atoms with Crippen LogP contribution in [0.3, 0.4) is 0 Å². The largest absolute Gasteiger partial charge is 0.374 e. The Hall–Kier alpha value is -0.190. The maximum Gasteiger partial charge on any atom is 0.143 e. The minimum atomic E-state index is -0.0579. The van der Waals surface area contributed by atoms with Crippen LogP contribution in [0.25, 0.3) is 0 Å². The van der Waals surface area contributed by atoms with Gasteiger partial charge in [0.1, 0.15) is 16.6 Å². The van der Waals surface area contributed by atoms with Gasteiger partial charge in [-0.05, 0) is 13.3 Å². The van der Waals surface area contributed by atoms with Crippen LogP contribution >= 0.6 is 22.9 Å². The van der Waals surface area contributed by atoms with Crippen molar-refractivity contribution >= 4 is 22.9 Å². The third-order valence-electron chi connectivity index (χ3n) is 1.40. The van der Waals surface area contributed by atoms with E-state index in [1.54, 1.807) is 0 Å². The summed E-state index contributed by atoms with van der Waals surface area (Å²) in [7, 11) is 0. The second kappa shape index (κ2) is 5.52. The van der Waals surface area contributed by atoms with Gasteiger partial charge in [0, 0.05) is 6.61 Å². The van der Waals surface area contributed by atoms with E-state index in [0.717, 1.165) is 23.0 Å². The predicted molar refractivity (Wildman–Crippen MR) is 54.1 cm³/mol. The Balaban J connectivity index is 2.40. The van der Waals surface area contributed by atoms with E-state index in [4.69, 9.17) is 16.3 Å². The fraction of sp³-hybridized carbons (Fsp3) is 0.750. The average Bonchev–Trinajstić information content (AvgIpc) is 2.53. The Labute approximate surface area is 87.1 Å². The summed E-state index contributed by atoms with van der Waals surface area (Å²) in [6.07, 6.45) is 1.03. The number of aromatic nitrogens is 2. The molecule has 1 aromatic heterocycles. The highest BCUT2D eigenvalue weighted by molar-refractivity contribution is 7.11. The number of alkyl halides is 1. The van der Waals surface area contributed by atoms with Crippen molar-refractivity contribution < 1.29 is 4.74 Å². The van der Waals surface area contributed by atoms with Gasteiger partial charge in [0.15, 0.2) is 0 Å². The molecule has 3 nitrogen and oxygen atoms in total. The lowest BCUT2D eigenvalue weighted by Crippen LogP contribution is -1.92. The Kier molecular flexibility index (Phi) is 4.62. The Bertz CT molecular complexity index is 252. The number of hydrogen-bond donors (Lipinski definition) is 0. The number of halogens is 1. The molecule has 0 spiro atoms. The highest BCUT2D eigenvalue weighted by Gasteiger charge is 2.08. The van der Waals surface area contributed by atoms with Crippen LogP contribution < -0.4 is 0 Å². The SMILES string of the molecule is CCCOCc1nnc(C(C)Cl)s1. The standard InChI is InChI=1S/C8H13ClN2OS/c1-3-4-12-5-7-10-11-8(13-7)6(2)9/h6H,3-5H2,1-2H3. The van der Waals surface area contributed by atoms with Crippen LogP contribution in [-0.4, -0.2) is 16.8 Å². The van der Waals surface area contributed by atoms with Gasteiger partial charge in [-0.1, -0.05) is 18.3 Å². The minimum Gasteiger partial charge on any atom is -0.374 e. The molecule has 0 saturated carbocycles. The molecule has 74 valence electrons. The molecule has 1 atom stereocenters. The van der Waals surface area contributed by atoms with Crippen molar-refractivity contribution in [1.29, 1.82) is 0 Å². The summed E-state index contributed by atoms with van der Waals surface area (Å²) < 4.78 is 5.33. The van der Waals surface area contributed by atoms with Crippen molar-refractivity contribution in [3.05, 3.63) is 10.0 Å². The van der Waals surface area contributed by atoms with Gasteiger partial charge in [-0.15, -0.1) is 21.8 Å². The summed E-state index contributed by atoms with van der Waals surface area (Å²) in [5.74, 6) is 0. The smallest absolute Gasteiger partial charge is 0.143 e. The lowest BCUT2D eigenvalue weighted by molar-refractivity contribution is 0.121. The molecule has 0 aromatic carbocycles. The monoisotopic (exact) mass is 220 g/mol. The summed E-state index contributed by atoms with van der Waals surface area (Å²) in [6.45, 7) is 5.28. The van der Waals surface area contributed by atoms with Crippen molar-refractivity contribution in [2.45, 2.75) is 32.3 Å². The predicted octanol–water partition coefficient (Wildman–Crippen LogP) is 2.76. The van der Waals surface area contributed by atoms with Crippen molar-refractivity contribution in [2.75, 3.05) is 6.61 Å². The molecule has 0 aliphatic heterocycles. The van der Waals surface area contributed by atoms with Crippen molar-refractivity contribution in [3.63, 3.8) is 0 Å². The first-order valence-electron chi connectivity index (χ1n) is 4.28. The molecule has 0 saturated heterocycles. The number of hydrogen-bond acceptors (Lipinski definition) is 4. The summed E-state index contributed by atoms with van der Waals surface area (Å²) in [4.78, 5) is 0. The lowest BCUT2D eigenvalue weighted by atomic mass is 10.5. The van der Waals surface area contributed by atoms with E-state index in [-0.39, 0.29) is 5.38 Å². The topological polar surface area (TPSA) is 35.0 Å². The van der Waals surface area contributed by atoms with E-state index in [1.807, 2.05) is 6.92 Å². The lowest BCUT2D eigenvalue weighted by Gasteiger charge is -1.96. The molecule has 1 rings (SSSR count). The van der Waals surface area contributed by atoms with Gasteiger partial charge < -0.3 is 4.74 Å². The molecule has 0 amide bonds. The molecule has 0 N–H and O–H groups in total. The van der Waals surface area contributed by atoms with Crippen molar-refractivity contribution in [2.24, 2.45) is 0 Å². The van der Waals surface area contributed by atoms with Crippen LogP contribution in [-0.2, 0) is 11.3 Å². The van der Waals surface area contributed by atoms with Gasteiger partial charge in [-0.25, -0.2) is 0 Å². The zero-order chi connectivity index (χ0) is 9.68. The number of rotatable bonds is 5. The molecule has 0 aliphatic carbocycles. The van der Waals surface area contributed by atoms with E-state index in [1.165, 1.54) is 11.3 Å². The molecule has 1 aromatic rings. The Morgan fingerprint density at radius 3 is 2.85 bits per heavy atom. The van der Waals surface area contributed by atoms with E-state index in [0.29, 0.717) is 6.61 Å². The zero-order valence-corrected chi connectivity index (χ0v) is 9.36. The molecule has 1 unspecified atom stereocenters. The van der Waals surface area contributed by atoms with Crippen LogP contribution in [0, 0.1) is 0 Å². The van der Waals surface area contributed by atoms with Crippen molar-refractivity contribution in [1.82, 2.24) is 10.2 Å². The van der Waals surface area contributed by atoms with Gasteiger partial charge >= 0.3 is 0 Å². The normalized spacial score (nSPS) is 13.2. The molecular formula is C8H13ClN2OS.